The number of rotatable bonds is 4. The third-order valence-corrected chi connectivity index (χ3v) is 7.16. The van der Waals surface area contributed by atoms with Crippen LogP contribution in [0.5, 0.6) is 0 Å². The highest BCUT2D eigenvalue weighted by Gasteiger charge is 2.30. The molecule has 2 atom stereocenters. The topological polar surface area (TPSA) is 65.4 Å². The van der Waals surface area contributed by atoms with Crippen LogP contribution >= 0.6 is 11.3 Å². The lowest BCUT2D eigenvalue weighted by atomic mass is 10.1. The number of aliphatic hydroxyl groups is 1. The Bertz CT molecular complexity index is 1020. The first-order chi connectivity index (χ1) is 14.1. The summed E-state index contributed by atoms with van der Waals surface area (Å²) in [6.07, 6.45) is 6.86. The highest BCUT2D eigenvalue weighted by atomic mass is 32.1. The molecular formula is C22H27N5OS. The summed E-state index contributed by atoms with van der Waals surface area (Å²) in [5.74, 6) is 1.84. The lowest BCUT2D eigenvalue weighted by molar-refractivity contribution is 0.114. The van der Waals surface area contributed by atoms with Crippen molar-refractivity contribution in [2.75, 3.05) is 31.1 Å². The number of β-amino-alcohol motifs (C(OH)–C–C–N with tert-alkyl or cyclic N) is 1. The number of piperazine rings is 1. The van der Waals surface area contributed by atoms with E-state index in [0.717, 1.165) is 61.1 Å². The molecule has 1 N–H and O–H groups in total. The van der Waals surface area contributed by atoms with Crippen molar-refractivity contribution in [1.82, 2.24) is 19.9 Å². The number of anilines is 1. The van der Waals surface area contributed by atoms with E-state index in [2.05, 4.69) is 21.7 Å². The summed E-state index contributed by atoms with van der Waals surface area (Å²) in [6, 6.07) is 4.30. The third kappa shape index (κ3) is 3.52. The van der Waals surface area contributed by atoms with Crippen LogP contribution in [-0.4, -0.2) is 63.3 Å². The van der Waals surface area contributed by atoms with Crippen LogP contribution in [-0.2, 0) is 12.8 Å². The van der Waals surface area contributed by atoms with Gasteiger partial charge in [-0.2, -0.15) is 0 Å². The van der Waals surface area contributed by atoms with Crippen molar-refractivity contribution in [2.24, 2.45) is 0 Å². The van der Waals surface area contributed by atoms with Crippen LogP contribution in [0.4, 0.5) is 5.82 Å². The third-order valence-electron chi connectivity index (χ3n) is 5.97. The molecule has 7 heteroatoms. The number of hydrogen-bond donors (Lipinski definition) is 1. The number of hydrogen-bond acceptors (Lipinski definition) is 7. The van der Waals surface area contributed by atoms with Crippen LogP contribution in [0, 0.1) is 0 Å². The average Bonchev–Trinajstić information content (AvgIpc) is 3.28. The zero-order valence-corrected chi connectivity index (χ0v) is 17.8. The first kappa shape index (κ1) is 18.9. The maximum Gasteiger partial charge on any atom is 0.164 e. The largest absolute Gasteiger partial charge is 0.392 e. The van der Waals surface area contributed by atoms with E-state index in [-0.39, 0.29) is 6.10 Å². The van der Waals surface area contributed by atoms with E-state index in [1.54, 1.807) is 6.20 Å². The summed E-state index contributed by atoms with van der Waals surface area (Å²) in [5, 5.41) is 11.0. The predicted octanol–water partition coefficient (Wildman–Crippen LogP) is 3.13. The average molecular weight is 410 g/mol. The zero-order chi connectivity index (χ0) is 20.0. The molecule has 152 valence electrons. The van der Waals surface area contributed by atoms with Crippen molar-refractivity contribution in [3.05, 3.63) is 35.0 Å². The first-order valence-corrected chi connectivity index (χ1v) is 11.3. The Labute approximate surface area is 175 Å². The standard InChI is InChI=1S/C22H27N5OS/c1-14-12-26(13-15(2)28)9-10-27(14)21-19-17-6-3-7-18(17)29-22(19)25-20(24-21)16-5-4-8-23-11-16/h4-5,8,11,14-15,28H,3,6-7,9-10,12-13H2,1-2H3. The van der Waals surface area contributed by atoms with E-state index in [1.807, 2.05) is 36.6 Å². The van der Waals surface area contributed by atoms with Gasteiger partial charge in [-0.15, -0.1) is 11.3 Å². The van der Waals surface area contributed by atoms with Gasteiger partial charge in [0.15, 0.2) is 5.82 Å². The van der Waals surface area contributed by atoms with Crippen molar-refractivity contribution in [3.8, 4) is 11.4 Å². The summed E-state index contributed by atoms with van der Waals surface area (Å²) < 4.78 is 0. The lowest BCUT2D eigenvalue weighted by Crippen LogP contribution is -2.53. The zero-order valence-electron chi connectivity index (χ0n) is 17.0. The number of fused-ring (bicyclic) bond motifs is 3. The highest BCUT2D eigenvalue weighted by molar-refractivity contribution is 7.19. The molecule has 0 bridgehead atoms. The van der Waals surface area contributed by atoms with Gasteiger partial charge < -0.3 is 10.0 Å². The Morgan fingerprint density at radius 1 is 1.28 bits per heavy atom. The monoisotopic (exact) mass is 409 g/mol. The van der Waals surface area contributed by atoms with Crippen LogP contribution in [0.3, 0.4) is 0 Å². The molecular weight excluding hydrogens is 382 g/mol. The van der Waals surface area contributed by atoms with Crippen LogP contribution in [0.25, 0.3) is 21.6 Å². The molecule has 3 aromatic heterocycles. The van der Waals surface area contributed by atoms with Crippen molar-refractivity contribution in [2.45, 2.75) is 45.3 Å². The van der Waals surface area contributed by atoms with Gasteiger partial charge in [0.05, 0.1) is 11.5 Å². The minimum atomic E-state index is -0.295. The molecule has 2 aliphatic rings. The van der Waals surface area contributed by atoms with Crippen LogP contribution in [0.2, 0.25) is 0 Å². The van der Waals surface area contributed by atoms with Crippen molar-refractivity contribution in [3.63, 3.8) is 0 Å². The number of thiophene rings is 1. The van der Waals surface area contributed by atoms with Crippen molar-refractivity contribution < 1.29 is 5.11 Å². The van der Waals surface area contributed by atoms with Crippen molar-refractivity contribution >= 4 is 27.4 Å². The van der Waals surface area contributed by atoms with Crippen LogP contribution in [0.15, 0.2) is 24.5 Å². The number of aliphatic hydroxyl groups excluding tert-OH is 1. The van der Waals surface area contributed by atoms with Gasteiger partial charge in [-0.05, 0) is 50.8 Å². The molecule has 0 spiro atoms. The minimum absolute atomic E-state index is 0.295. The van der Waals surface area contributed by atoms with Gasteiger partial charge in [0.25, 0.3) is 0 Å². The van der Waals surface area contributed by atoms with Gasteiger partial charge in [-0.1, -0.05) is 0 Å². The van der Waals surface area contributed by atoms with Gasteiger partial charge in [0, 0.05) is 55.1 Å². The van der Waals surface area contributed by atoms with E-state index < -0.39 is 0 Å². The SMILES string of the molecule is CC(O)CN1CCN(c2nc(-c3cccnc3)nc3sc4c(c23)CCC4)C(C)C1. The maximum atomic E-state index is 9.78. The molecule has 0 saturated carbocycles. The molecule has 1 fully saturated rings. The number of pyridine rings is 1. The molecule has 0 amide bonds. The van der Waals surface area contributed by atoms with Crippen molar-refractivity contribution in [1.29, 1.82) is 0 Å². The second-order valence-corrected chi connectivity index (χ2v) is 9.38. The van der Waals surface area contributed by atoms with E-state index in [1.165, 1.54) is 22.2 Å². The Balaban J connectivity index is 1.58. The number of aryl methyl sites for hydroxylation is 2. The summed E-state index contributed by atoms with van der Waals surface area (Å²) in [7, 11) is 0. The molecule has 0 radical (unpaired) electrons. The van der Waals surface area contributed by atoms with Gasteiger partial charge in [-0.25, -0.2) is 9.97 Å². The van der Waals surface area contributed by atoms with Crippen LogP contribution < -0.4 is 4.90 Å². The second kappa shape index (κ2) is 7.63. The van der Waals surface area contributed by atoms with Gasteiger partial charge in [0.1, 0.15) is 10.6 Å². The molecule has 5 rings (SSSR count). The molecule has 29 heavy (non-hydrogen) atoms. The maximum absolute atomic E-state index is 9.78. The van der Waals surface area contributed by atoms with Gasteiger partial charge >= 0.3 is 0 Å². The smallest absolute Gasteiger partial charge is 0.164 e. The Morgan fingerprint density at radius 2 is 2.17 bits per heavy atom. The fourth-order valence-electron chi connectivity index (χ4n) is 4.70. The normalized spacial score (nSPS) is 20.9. The quantitative estimate of drug-likeness (QED) is 0.714. The molecule has 1 aliphatic heterocycles. The molecule has 0 aromatic carbocycles. The van der Waals surface area contributed by atoms with E-state index in [0.29, 0.717) is 6.04 Å². The molecule has 3 aromatic rings. The summed E-state index contributed by atoms with van der Waals surface area (Å²) in [6.45, 7) is 7.64. The molecule has 6 nitrogen and oxygen atoms in total. The van der Waals surface area contributed by atoms with E-state index in [4.69, 9.17) is 9.97 Å². The lowest BCUT2D eigenvalue weighted by Gasteiger charge is -2.41. The summed E-state index contributed by atoms with van der Waals surface area (Å²) in [4.78, 5) is 21.7. The number of nitrogens with zero attached hydrogens (tertiary/aromatic N) is 5. The Kier molecular flexibility index (Phi) is 4.97. The second-order valence-electron chi connectivity index (χ2n) is 8.30. The fourth-order valence-corrected chi connectivity index (χ4v) is 5.95. The Hall–Kier alpha value is -2.09. The van der Waals surface area contributed by atoms with E-state index >= 15 is 0 Å². The molecule has 2 unspecified atom stereocenters. The molecule has 1 aliphatic carbocycles. The summed E-state index contributed by atoms with van der Waals surface area (Å²) >= 11 is 1.84. The minimum Gasteiger partial charge on any atom is -0.392 e. The summed E-state index contributed by atoms with van der Waals surface area (Å²) in [5.41, 5.74) is 2.43. The van der Waals surface area contributed by atoms with Gasteiger partial charge in [-0.3, -0.25) is 9.88 Å². The van der Waals surface area contributed by atoms with Gasteiger partial charge in [0.2, 0.25) is 0 Å². The van der Waals surface area contributed by atoms with E-state index in [9.17, 15) is 5.11 Å². The number of aromatic nitrogens is 3. The first-order valence-electron chi connectivity index (χ1n) is 10.5. The predicted molar refractivity (Wildman–Crippen MR) is 118 cm³/mol. The van der Waals surface area contributed by atoms with Crippen LogP contribution in [0.1, 0.15) is 30.7 Å². The Morgan fingerprint density at radius 3 is 2.93 bits per heavy atom. The molecule has 1 saturated heterocycles. The molecule has 4 heterocycles. The fraction of sp³-hybridized carbons (Fsp3) is 0.500. The highest BCUT2D eigenvalue weighted by Crippen LogP contribution is 2.42.